The molecule has 0 aromatic rings. The summed E-state index contributed by atoms with van der Waals surface area (Å²) in [6, 6.07) is 0. The van der Waals surface area contributed by atoms with Crippen LogP contribution in [0.1, 0.15) is 60.3 Å². The van der Waals surface area contributed by atoms with Gasteiger partial charge in [-0.1, -0.05) is 34.6 Å². The maximum Gasteiger partial charge on any atom is 0.225 e. The molecule has 1 atom stereocenters. The van der Waals surface area contributed by atoms with Crippen molar-refractivity contribution in [3.63, 3.8) is 0 Å². The summed E-state index contributed by atoms with van der Waals surface area (Å²) in [4.78, 5) is 15.0. The summed E-state index contributed by atoms with van der Waals surface area (Å²) in [5, 5.41) is 3.45. The number of nitrogens with zero attached hydrogens (tertiary/aromatic N) is 1. The molecule has 3 rings (SSSR count). The molecule has 3 fully saturated rings. The minimum Gasteiger partial charge on any atom is -0.364 e. The van der Waals surface area contributed by atoms with E-state index in [2.05, 4.69) is 44.8 Å². The van der Waals surface area contributed by atoms with Crippen LogP contribution in [0.15, 0.2) is 0 Å². The fourth-order valence-corrected chi connectivity index (χ4v) is 4.58. The highest BCUT2D eigenvalue weighted by molar-refractivity contribution is 5.81. The Hall–Kier alpha value is -0.610. The van der Waals surface area contributed by atoms with Crippen molar-refractivity contribution in [3.8, 4) is 0 Å². The number of hydrogen-bond acceptors (Lipinski definition) is 3. The van der Waals surface area contributed by atoms with Crippen LogP contribution < -0.4 is 5.32 Å². The average molecular weight is 322 g/mol. The summed E-state index contributed by atoms with van der Waals surface area (Å²) in [6.45, 7) is 14.8. The average Bonchev–Trinajstić information content (AvgIpc) is 3.30. The van der Waals surface area contributed by atoms with Crippen molar-refractivity contribution in [1.29, 1.82) is 0 Å². The van der Waals surface area contributed by atoms with Crippen LogP contribution in [0.5, 0.6) is 0 Å². The molecule has 4 heteroatoms. The van der Waals surface area contributed by atoms with Gasteiger partial charge in [0.05, 0.1) is 17.7 Å². The lowest BCUT2D eigenvalue weighted by Gasteiger charge is -2.60. The van der Waals surface area contributed by atoms with E-state index in [4.69, 9.17) is 4.74 Å². The summed E-state index contributed by atoms with van der Waals surface area (Å²) < 4.78 is 6.98. The normalized spacial score (nSPS) is 31.7. The van der Waals surface area contributed by atoms with Gasteiger partial charge in [-0.2, -0.15) is 0 Å². The number of morpholine rings is 1. The van der Waals surface area contributed by atoms with Crippen LogP contribution in [0.2, 0.25) is 0 Å². The van der Waals surface area contributed by atoms with Gasteiger partial charge in [0.15, 0.2) is 0 Å². The zero-order valence-electron chi connectivity index (χ0n) is 15.6. The second-order valence-corrected chi connectivity index (χ2v) is 9.30. The third kappa shape index (κ3) is 3.05. The number of carbonyl (C=O) groups is 1. The van der Waals surface area contributed by atoms with Crippen LogP contribution in [0.4, 0.5) is 0 Å². The van der Waals surface area contributed by atoms with Gasteiger partial charge < -0.3 is 15.0 Å². The maximum atomic E-state index is 12.9. The van der Waals surface area contributed by atoms with Gasteiger partial charge in [0, 0.05) is 12.5 Å². The van der Waals surface area contributed by atoms with Gasteiger partial charge in [-0.25, -0.2) is 0 Å². The zero-order valence-corrected chi connectivity index (χ0v) is 15.6. The molecule has 1 unspecified atom stereocenters. The molecule has 2 heterocycles. The summed E-state index contributed by atoms with van der Waals surface area (Å²) in [6.07, 6.45) is 4.17. The Kier molecular flexibility index (Phi) is 4.29. The van der Waals surface area contributed by atoms with Crippen molar-refractivity contribution in [2.75, 3.05) is 26.2 Å². The number of piperidine rings is 1. The third-order valence-electron chi connectivity index (χ3n) is 6.26. The zero-order chi connectivity index (χ0) is 16.9. The molecule has 0 radical (unpaired) electrons. The fraction of sp³-hybridized carbons (Fsp3) is 0.947. The van der Waals surface area contributed by atoms with Crippen LogP contribution in [0.25, 0.3) is 0 Å². The number of hydrogen-bond donors (Lipinski definition) is 1. The smallest absolute Gasteiger partial charge is 0.225 e. The second-order valence-electron chi connectivity index (χ2n) is 9.30. The van der Waals surface area contributed by atoms with E-state index in [1.165, 1.54) is 0 Å². The third-order valence-corrected chi connectivity index (χ3v) is 6.26. The predicted octanol–water partition coefficient (Wildman–Crippen LogP) is 2.82. The Morgan fingerprint density at radius 2 is 1.78 bits per heavy atom. The van der Waals surface area contributed by atoms with Crippen molar-refractivity contribution >= 4 is 5.91 Å². The van der Waals surface area contributed by atoms with Gasteiger partial charge in [-0.05, 0) is 50.1 Å². The van der Waals surface area contributed by atoms with Gasteiger partial charge in [-0.15, -0.1) is 0 Å². The van der Waals surface area contributed by atoms with Crippen molar-refractivity contribution in [1.82, 2.24) is 10.2 Å². The number of amides is 1. The van der Waals surface area contributed by atoms with E-state index in [0.717, 1.165) is 51.9 Å². The van der Waals surface area contributed by atoms with Gasteiger partial charge in [0.25, 0.3) is 0 Å². The Bertz CT molecular complexity index is 458. The molecular formula is C19H34N2O2. The monoisotopic (exact) mass is 322 g/mol. The minimum absolute atomic E-state index is 0.00153. The molecule has 0 aromatic heterocycles. The van der Waals surface area contributed by atoms with Crippen LogP contribution in [0, 0.1) is 17.3 Å². The molecule has 1 saturated carbocycles. The highest BCUT2D eigenvalue weighted by Crippen LogP contribution is 2.49. The molecule has 2 aliphatic heterocycles. The van der Waals surface area contributed by atoms with E-state index in [-0.39, 0.29) is 22.5 Å². The molecule has 1 aliphatic carbocycles. The molecule has 1 spiro atoms. The summed E-state index contributed by atoms with van der Waals surface area (Å²) in [5.41, 5.74) is -0.430. The van der Waals surface area contributed by atoms with E-state index in [1.54, 1.807) is 0 Å². The first-order valence-corrected chi connectivity index (χ1v) is 9.39. The standard InChI is InChI=1S/C19H34N2O2/c1-14(2)19(17(3,4)5)13-21(16(22)15-6-7-15)12-18(23-19)8-10-20-11-9-18/h14-15,20H,6-13H2,1-5H3. The second kappa shape index (κ2) is 5.73. The van der Waals surface area contributed by atoms with Gasteiger partial charge in [0.1, 0.15) is 0 Å². The van der Waals surface area contributed by atoms with Gasteiger partial charge in [0.2, 0.25) is 5.91 Å². The molecule has 0 bridgehead atoms. The lowest BCUT2D eigenvalue weighted by atomic mass is 9.67. The van der Waals surface area contributed by atoms with E-state index >= 15 is 0 Å². The molecular weight excluding hydrogens is 288 g/mol. The van der Waals surface area contributed by atoms with E-state index in [1.807, 2.05) is 0 Å². The number of nitrogens with one attached hydrogen (secondary N) is 1. The molecule has 132 valence electrons. The SMILES string of the molecule is CC(C)C1(C(C)(C)C)CN(C(=O)C2CC2)CC2(CCNCC2)O1. The Balaban J connectivity index is 1.96. The Morgan fingerprint density at radius 3 is 2.26 bits per heavy atom. The van der Waals surface area contributed by atoms with E-state index in [0.29, 0.717) is 11.8 Å². The summed E-state index contributed by atoms with van der Waals surface area (Å²) >= 11 is 0. The highest BCUT2D eigenvalue weighted by atomic mass is 16.5. The summed E-state index contributed by atoms with van der Waals surface area (Å²) in [7, 11) is 0. The molecule has 23 heavy (non-hydrogen) atoms. The van der Waals surface area contributed by atoms with Crippen molar-refractivity contribution in [2.24, 2.45) is 17.3 Å². The maximum absolute atomic E-state index is 12.9. The molecule has 0 aromatic carbocycles. The Labute approximate surface area is 141 Å². The highest BCUT2D eigenvalue weighted by Gasteiger charge is 2.57. The first-order valence-electron chi connectivity index (χ1n) is 9.39. The van der Waals surface area contributed by atoms with Gasteiger partial charge in [-0.3, -0.25) is 4.79 Å². The molecule has 4 nitrogen and oxygen atoms in total. The Morgan fingerprint density at radius 1 is 1.17 bits per heavy atom. The van der Waals surface area contributed by atoms with Gasteiger partial charge >= 0.3 is 0 Å². The largest absolute Gasteiger partial charge is 0.364 e. The molecule has 2 saturated heterocycles. The predicted molar refractivity (Wildman–Crippen MR) is 92.2 cm³/mol. The first kappa shape index (κ1) is 17.2. The number of ether oxygens (including phenoxy) is 1. The van der Waals surface area contributed by atoms with Crippen molar-refractivity contribution < 1.29 is 9.53 Å². The summed E-state index contributed by atoms with van der Waals surface area (Å²) in [5.74, 6) is 1.04. The molecule has 1 amide bonds. The van der Waals surface area contributed by atoms with E-state index < -0.39 is 0 Å². The molecule has 3 aliphatic rings. The van der Waals surface area contributed by atoms with Crippen molar-refractivity contribution in [2.45, 2.75) is 71.5 Å². The van der Waals surface area contributed by atoms with Crippen molar-refractivity contribution in [3.05, 3.63) is 0 Å². The lowest BCUT2D eigenvalue weighted by Crippen LogP contribution is -2.70. The number of rotatable bonds is 2. The minimum atomic E-state index is -0.271. The van der Waals surface area contributed by atoms with Crippen LogP contribution >= 0.6 is 0 Å². The van der Waals surface area contributed by atoms with Crippen LogP contribution in [-0.2, 0) is 9.53 Å². The lowest BCUT2D eigenvalue weighted by molar-refractivity contribution is -0.270. The topological polar surface area (TPSA) is 41.6 Å². The molecule has 1 N–H and O–H groups in total. The quantitative estimate of drug-likeness (QED) is 0.850. The van der Waals surface area contributed by atoms with Crippen LogP contribution in [-0.4, -0.2) is 48.2 Å². The van der Waals surface area contributed by atoms with E-state index in [9.17, 15) is 4.79 Å². The number of carbonyl (C=O) groups excluding carboxylic acids is 1. The first-order chi connectivity index (χ1) is 10.7. The fourth-order valence-electron chi connectivity index (χ4n) is 4.58. The van der Waals surface area contributed by atoms with Crippen LogP contribution in [0.3, 0.4) is 0 Å².